The third-order valence-electron chi connectivity index (χ3n) is 3.87. The Morgan fingerprint density at radius 3 is 2.77 bits per heavy atom. The Balaban J connectivity index is 1.69. The van der Waals surface area contributed by atoms with Crippen LogP contribution >= 0.6 is 11.6 Å². The lowest BCUT2D eigenvalue weighted by Gasteiger charge is -2.35. The number of carbonyl (C=O) groups excluding carboxylic acids is 1. The van der Waals surface area contributed by atoms with Crippen molar-refractivity contribution in [3.05, 3.63) is 17.3 Å². The van der Waals surface area contributed by atoms with Crippen molar-refractivity contribution in [2.45, 2.75) is 45.3 Å². The molecule has 1 N–H and O–H groups in total. The highest BCUT2D eigenvalue weighted by Crippen LogP contribution is 2.34. The number of amides is 1. The quantitative estimate of drug-likeness (QED) is 0.662. The van der Waals surface area contributed by atoms with Crippen molar-refractivity contribution < 1.29 is 27.8 Å². The van der Waals surface area contributed by atoms with Crippen LogP contribution in [0.3, 0.4) is 0 Å². The van der Waals surface area contributed by atoms with Crippen molar-refractivity contribution in [3.63, 3.8) is 0 Å². The molecule has 1 aliphatic rings. The summed E-state index contributed by atoms with van der Waals surface area (Å²) >= 11 is 6.08. The van der Waals surface area contributed by atoms with Crippen LogP contribution in [0.5, 0.6) is 11.6 Å². The smallest absolute Gasteiger partial charge is 0.272 e. The summed E-state index contributed by atoms with van der Waals surface area (Å²) in [5.41, 5.74) is 0. The summed E-state index contributed by atoms with van der Waals surface area (Å²) in [4.78, 5) is 14.9. The van der Waals surface area contributed by atoms with Gasteiger partial charge in [0, 0.05) is 25.2 Å². The zero-order valence-corrected chi connectivity index (χ0v) is 15.5. The second kappa shape index (κ2) is 9.87. The maximum atomic E-state index is 12.2. The van der Waals surface area contributed by atoms with Gasteiger partial charge >= 0.3 is 0 Å². The van der Waals surface area contributed by atoms with Gasteiger partial charge in [0.15, 0.2) is 0 Å². The molecule has 1 atom stereocenters. The minimum absolute atomic E-state index is 0.0261. The van der Waals surface area contributed by atoms with Gasteiger partial charge in [0.25, 0.3) is 6.43 Å². The predicted octanol–water partition coefficient (Wildman–Crippen LogP) is 3.08. The molecule has 0 spiro atoms. The fourth-order valence-corrected chi connectivity index (χ4v) is 2.81. The molecule has 0 unspecified atom stereocenters. The Labute approximate surface area is 156 Å². The zero-order valence-electron chi connectivity index (χ0n) is 14.7. The maximum absolute atomic E-state index is 12.2. The van der Waals surface area contributed by atoms with Crippen LogP contribution in [-0.2, 0) is 9.53 Å². The van der Waals surface area contributed by atoms with Gasteiger partial charge in [-0.05, 0) is 25.7 Å². The Hall–Kier alpha value is -1.67. The largest absolute Gasteiger partial charge is 0.486 e. The van der Waals surface area contributed by atoms with Crippen LogP contribution in [0.4, 0.5) is 8.78 Å². The molecule has 1 amide bonds. The normalized spacial score (nSPS) is 20.4. The van der Waals surface area contributed by atoms with E-state index in [4.69, 9.17) is 25.8 Å². The first-order valence-electron chi connectivity index (χ1n) is 8.42. The van der Waals surface area contributed by atoms with Crippen LogP contribution in [0.25, 0.3) is 0 Å². The molecule has 0 radical (unpaired) electrons. The van der Waals surface area contributed by atoms with E-state index in [-0.39, 0.29) is 34.7 Å². The third-order valence-corrected chi connectivity index (χ3v) is 4.21. The standard InChI is InChI=1S/C17H23ClF2N2O4/c1-10(22-11(2)23)7-24-13-5-12(6-13)8-26-17-16(18)14(3-4-21-17)25-9-15(19)20/h3-4,10,12-13,15H,5-9H2,1-2H3,(H,22,23)/t10-,12?,13?/m0/s1. The molecule has 0 saturated heterocycles. The molecule has 26 heavy (non-hydrogen) atoms. The van der Waals surface area contributed by atoms with Crippen molar-refractivity contribution in [2.24, 2.45) is 5.92 Å². The Morgan fingerprint density at radius 1 is 1.38 bits per heavy atom. The lowest BCUT2D eigenvalue weighted by molar-refractivity contribution is -0.120. The molecule has 9 heteroatoms. The van der Waals surface area contributed by atoms with Crippen LogP contribution in [0, 0.1) is 5.92 Å². The second-order valence-electron chi connectivity index (χ2n) is 6.34. The van der Waals surface area contributed by atoms with Crippen LogP contribution in [0.1, 0.15) is 26.7 Å². The fraction of sp³-hybridized carbons (Fsp3) is 0.647. The van der Waals surface area contributed by atoms with Gasteiger partial charge in [0.2, 0.25) is 11.8 Å². The summed E-state index contributed by atoms with van der Waals surface area (Å²) in [6, 6.07) is 1.39. The van der Waals surface area contributed by atoms with Crippen LogP contribution in [0.2, 0.25) is 5.02 Å². The van der Waals surface area contributed by atoms with Crippen molar-refractivity contribution in [3.8, 4) is 11.6 Å². The average molecular weight is 393 g/mol. The molecular formula is C17H23ClF2N2O4. The summed E-state index contributed by atoms with van der Waals surface area (Å²) in [6.45, 7) is 3.50. The maximum Gasteiger partial charge on any atom is 0.272 e. The Kier molecular flexibility index (Phi) is 7.84. The Morgan fingerprint density at radius 2 is 2.12 bits per heavy atom. The van der Waals surface area contributed by atoms with Crippen LogP contribution in [-0.4, -0.2) is 49.3 Å². The van der Waals surface area contributed by atoms with Crippen molar-refractivity contribution in [1.29, 1.82) is 0 Å². The van der Waals surface area contributed by atoms with Gasteiger partial charge in [-0.25, -0.2) is 13.8 Å². The van der Waals surface area contributed by atoms with Gasteiger partial charge in [0.1, 0.15) is 17.4 Å². The first-order valence-corrected chi connectivity index (χ1v) is 8.80. The molecule has 146 valence electrons. The van der Waals surface area contributed by atoms with Gasteiger partial charge in [-0.1, -0.05) is 11.6 Å². The highest BCUT2D eigenvalue weighted by atomic mass is 35.5. The number of nitrogens with one attached hydrogen (secondary N) is 1. The molecule has 0 aliphatic heterocycles. The summed E-state index contributed by atoms with van der Waals surface area (Å²) in [7, 11) is 0. The van der Waals surface area contributed by atoms with Gasteiger partial charge in [-0.3, -0.25) is 4.79 Å². The third kappa shape index (κ3) is 6.57. The molecule has 1 aliphatic carbocycles. The number of rotatable bonds is 10. The minimum atomic E-state index is -2.58. The molecule has 1 aromatic rings. The lowest BCUT2D eigenvalue weighted by atomic mass is 9.83. The zero-order chi connectivity index (χ0) is 19.1. The van der Waals surface area contributed by atoms with Crippen molar-refractivity contribution >= 4 is 17.5 Å². The summed E-state index contributed by atoms with van der Waals surface area (Å²) in [6.07, 6.45) is 0.642. The van der Waals surface area contributed by atoms with E-state index in [1.54, 1.807) is 0 Å². The van der Waals surface area contributed by atoms with E-state index < -0.39 is 13.0 Å². The number of halogens is 3. The van der Waals surface area contributed by atoms with E-state index in [9.17, 15) is 13.6 Å². The second-order valence-corrected chi connectivity index (χ2v) is 6.71. The number of hydrogen-bond donors (Lipinski definition) is 1. The number of hydrogen-bond acceptors (Lipinski definition) is 5. The number of aromatic nitrogens is 1. The number of carbonyl (C=O) groups is 1. The molecule has 6 nitrogen and oxygen atoms in total. The number of pyridine rings is 1. The van der Waals surface area contributed by atoms with Crippen LogP contribution in [0.15, 0.2) is 12.3 Å². The van der Waals surface area contributed by atoms with Gasteiger partial charge < -0.3 is 19.5 Å². The summed E-state index contributed by atoms with van der Waals surface area (Å²) in [5.74, 6) is 0.519. The van der Waals surface area contributed by atoms with Crippen molar-refractivity contribution in [1.82, 2.24) is 10.3 Å². The van der Waals surface area contributed by atoms with E-state index >= 15 is 0 Å². The monoisotopic (exact) mass is 392 g/mol. The van der Waals surface area contributed by atoms with E-state index in [1.807, 2.05) is 6.92 Å². The van der Waals surface area contributed by atoms with Gasteiger partial charge in [0.05, 0.1) is 19.3 Å². The van der Waals surface area contributed by atoms with E-state index in [0.717, 1.165) is 12.8 Å². The minimum Gasteiger partial charge on any atom is -0.486 e. The molecule has 1 fully saturated rings. The highest BCUT2D eigenvalue weighted by Gasteiger charge is 2.31. The molecular weight excluding hydrogens is 370 g/mol. The molecule has 2 rings (SSSR count). The predicted molar refractivity (Wildman–Crippen MR) is 92.0 cm³/mol. The van der Waals surface area contributed by atoms with E-state index in [2.05, 4.69) is 10.3 Å². The summed E-state index contributed by atoms with van der Waals surface area (Å²) < 4.78 is 40.7. The van der Waals surface area contributed by atoms with Crippen LogP contribution < -0.4 is 14.8 Å². The highest BCUT2D eigenvalue weighted by molar-refractivity contribution is 6.33. The van der Waals surface area contributed by atoms with E-state index in [1.165, 1.54) is 19.2 Å². The molecule has 1 aromatic heterocycles. The summed E-state index contributed by atoms with van der Waals surface area (Å²) in [5, 5.41) is 2.85. The van der Waals surface area contributed by atoms with Gasteiger partial charge in [-0.15, -0.1) is 0 Å². The van der Waals surface area contributed by atoms with Gasteiger partial charge in [-0.2, -0.15) is 0 Å². The molecule has 0 aromatic carbocycles. The number of alkyl halides is 2. The Bertz CT molecular complexity index is 600. The van der Waals surface area contributed by atoms with E-state index in [0.29, 0.717) is 19.1 Å². The average Bonchev–Trinajstić information content (AvgIpc) is 2.52. The SMILES string of the molecule is CC(=O)N[C@@H](C)COC1CC(COc2nccc(OCC(F)F)c2Cl)C1. The number of nitrogens with zero attached hydrogens (tertiary/aromatic N) is 1. The van der Waals surface area contributed by atoms with Crippen molar-refractivity contribution in [2.75, 3.05) is 19.8 Å². The number of ether oxygens (including phenoxy) is 3. The topological polar surface area (TPSA) is 69.7 Å². The first kappa shape index (κ1) is 20.6. The molecule has 0 bridgehead atoms. The molecule has 1 saturated carbocycles. The lowest BCUT2D eigenvalue weighted by Crippen LogP contribution is -2.40. The first-order chi connectivity index (χ1) is 12.3. The molecule has 1 heterocycles. The fourth-order valence-electron chi connectivity index (χ4n) is 2.59.